The summed E-state index contributed by atoms with van der Waals surface area (Å²) in [6, 6.07) is 7.60. The van der Waals surface area contributed by atoms with Gasteiger partial charge in [0, 0.05) is 5.75 Å². The summed E-state index contributed by atoms with van der Waals surface area (Å²) < 4.78 is 5.75. The maximum absolute atomic E-state index is 10.5. The number of ether oxygens (including phenoxy) is 1. The van der Waals surface area contributed by atoms with Gasteiger partial charge < -0.3 is 9.84 Å². The van der Waals surface area contributed by atoms with Crippen LogP contribution in [0.4, 0.5) is 0 Å². The molecule has 2 aromatic rings. The van der Waals surface area contributed by atoms with E-state index in [0.717, 1.165) is 11.3 Å². The molecule has 0 atom stereocenters. The van der Waals surface area contributed by atoms with Crippen molar-refractivity contribution in [2.24, 2.45) is 0 Å². The van der Waals surface area contributed by atoms with Crippen LogP contribution in [0.5, 0.6) is 5.75 Å². The van der Waals surface area contributed by atoms with Gasteiger partial charge in [-0.25, -0.2) is 4.98 Å². The highest BCUT2D eigenvalue weighted by atomic mass is 32.2. The number of aliphatic carboxylic acids is 1. The average Bonchev–Trinajstić information content (AvgIpc) is 2.87. The van der Waals surface area contributed by atoms with Crippen molar-refractivity contribution < 1.29 is 14.6 Å². The van der Waals surface area contributed by atoms with Crippen molar-refractivity contribution in [1.29, 1.82) is 0 Å². The number of hydrogen-bond acceptors (Lipinski definition) is 5. The van der Waals surface area contributed by atoms with E-state index in [4.69, 9.17) is 9.84 Å². The fourth-order valence-electron chi connectivity index (χ4n) is 1.68. The molecular formula is C14H17N3O3S. The number of carbonyl (C=O) groups is 1. The van der Waals surface area contributed by atoms with Crippen LogP contribution in [-0.4, -0.2) is 38.1 Å². The zero-order valence-corrected chi connectivity index (χ0v) is 12.7. The number of para-hydroxylation sites is 1. The van der Waals surface area contributed by atoms with Crippen LogP contribution in [0.25, 0.3) is 11.4 Å². The minimum Gasteiger partial charge on any atom is -0.490 e. The minimum atomic E-state index is -0.825. The lowest BCUT2D eigenvalue weighted by Crippen LogP contribution is -2.06. The van der Waals surface area contributed by atoms with E-state index in [2.05, 4.69) is 15.2 Å². The van der Waals surface area contributed by atoms with Gasteiger partial charge in [0.1, 0.15) is 5.75 Å². The first kappa shape index (κ1) is 15.4. The molecule has 2 N–H and O–H groups in total. The number of thioether (sulfide) groups is 1. The maximum atomic E-state index is 10.5. The number of nitrogens with one attached hydrogen (secondary N) is 1. The molecule has 2 rings (SSSR count). The third kappa shape index (κ3) is 4.49. The molecule has 0 bridgehead atoms. The highest BCUT2D eigenvalue weighted by Gasteiger charge is 2.12. The molecule has 0 fully saturated rings. The average molecular weight is 307 g/mol. The van der Waals surface area contributed by atoms with Crippen molar-refractivity contribution in [2.75, 3.05) is 5.75 Å². The van der Waals surface area contributed by atoms with Gasteiger partial charge in [0.25, 0.3) is 0 Å². The van der Waals surface area contributed by atoms with E-state index in [1.54, 1.807) is 0 Å². The summed E-state index contributed by atoms with van der Waals surface area (Å²) in [4.78, 5) is 14.9. The Labute approximate surface area is 126 Å². The fourth-order valence-corrected chi connectivity index (χ4v) is 2.41. The summed E-state index contributed by atoms with van der Waals surface area (Å²) in [5, 5.41) is 16.1. The Hall–Kier alpha value is -2.02. The van der Waals surface area contributed by atoms with E-state index < -0.39 is 5.97 Å². The van der Waals surface area contributed by atoms with Crippen LogP contribution in [0.3, 0.4) is 0 Å². The van der Waals surface area contributed by atoms with Gasteiger partial charge in [-0.1, -0.05) is 23.9 Å². The second-order valence-corrected chi connectivity index (χ2v) is 5.68. The van der Waals surface area contributed by atoms with Crippen LogP contribution in [0.2, 0.25) is 0 Å². The van der Waals surface area contributed by atoms with E-state index in [-0.39, 0.29) is 12.5 Å². The molecule has 0 radical (unpaired) electrons. The molecule has 6 nitrogen and oxygen atoms in total. The predicted molar refractivity (Wildman–Crippen MR) is 80.6 cm³/mol. The monoisotopic (exact) mass is 307 g/mol. The van der Waals surface area contributed by atoms with Crippen LogP contribution in [0.15, 0.2) is 29.4 Å². The lowest BCUT2D eigenvalue weighted by Gasteiger charge is -2.12. The lowest BCUT2D eigenvalue weighted by atomic mass is 10.2. The van der Waals surface area contributed by atoms with Gasteiger partial charge in [0.15, 0.2) is 5.82 Å². The standard InChI is InChI=1S/C14H17N3O3S/c1-9(2)20-11-6-4-3-5-10(11)13-15-14(17-16-13)21-8-7-12(18)19/h3-6,9H,7-8H2,1-2H3,(H,18,19)(H,15,16,17). The molecule has 0 unspecified atom stereocenters. The smallest absolute Gasteiger partial charge is 0.304 e. The van der Waals surface area contributed by atoms with E-state index in [1.807, 2.05) is 38.1 Å². The molecule has 112 valence electrons. The third-order valence-electron chi connectivity index (χ3n) is 2.52. The third-order valence-corrected chi connectivity index (χ3v) is 3.37. The number of hydrogen-bond donors (Lipinski definition) is 2. The zero-order valence-electron chi connectivity index (χ0n) is 11.9. The first-order valence-electron chi connectivity index (χ1n) is 6.59. The second-order valence-electron chi connectivity index (χ2n) is 4.62. The fraction of sp³-hybridized carbons (Fsp3) is 0.357. The number of carboxylic acid groups (broad SMARTS) is 1. The predicted octanol–water partition coefficient (Wildman–Crippen LogP) is 2.83. The summed E-state index contributed by atoms with van der Waals surface area (Å²) in [7, 11) is 0. The molecule has 21 heavy (non-hydrogen) atoms. The van der Waals surface area contributed by atoms with Crippen molar-refractivity contribution in [2.45, 2.75) is 31.5 Å². The van der Waals surface area contributed by atoms with E-state index >= 15 is 0 Å². The quantitative estimate of drug-likeness (QED) is 0.765. The highest BCUT2D eigenvalue weighted by molar-refractivity contribution is 7.99. The van der Waals surface area contributed by atoms with Crippen molar-refractivity contribution in [3.8, 4) is 17.1 Å². The van der Waals surface area contributed by atoms with Crippen molar-refractivity contribution in [3.05, 3.63) is 24.3 Å². The minimum absolute atomic E-state index is 0.0680. The van der Waals surface area contributed by atoms with Crippen LogP contribution in [-0.2, 0) is 4.79 Å². The number of carboxylic acids is 1. The molecule has 0 spiro atoms. The van der Waals surface area contributed by atoms with Crippen molar-refractivity contribution in [3.63, 3.8) is 0 Å². The maximum Gasteiger partial charge on any atom is 0.304 e. The Morgan fingerprint density at radius 2 is 2.19 bits per heavy atom. The van der Waals surface area contributed by atoms with Crippen LogP contribution < -0.4 is 4.74 Å². The molecule has 1 aromatic heterocycles. The van der Waals surface area contributed by atoms with Gasteiger partial charge in [-0.15, -0.1) is 5.10 Å². The van der Waals surface area contributed by atoms with Crippen LogP contribution in [0, 0.1) is 0 Å². The Kier molecular flexibility index (Phi) is 5.21. The largest absolute Gasteiger partial charge is 0.490 e. The van der Waals surface area contributed by atoms with Gasteiger partial charge in [-0.05, 0) is 26.0 Å². The van der Waals surface area contributed by atoms with Crippen LogP contribution in [0.1, 0.15) is 20.3 Å². The SMILES string of the molecule is CC(C)Oc1ccccc1-c1nc(SCCC(=O)O)n[nH]1. The number of aromatic amines is 1. The molecule has 0 saturated carbocycles. The summed E-state index contributed by atoms with van der Waals surface area (Å²) in [5.74, 6) is 0.972. The molecule has 0 saturated heterocycles. The first-order chi connectivity index (χ1) is 10.1. The van der Waals surface area contributed by atoms with Gasteiger partial charge in [0.2, 0.25) is 5.16 Å². The van der Waals surface area contributed by atoms with Gasteiger partial charge in [-0.3, -0.25) is 9.89 Å². The van der Waals surface area contributed by atoms with E-state index in [1.165, 1.54) is 11.8 Å². The zero-order chi connectivity index (χ0) is 15.2. The van der Waals surface area contributed by atoms with Gasteiger partial charge >= 0.3 is 5.97 Å². The van der Waals surface area contributed by atoms with Gasteiger partial charge in [0.05, 0.1) is 18.1 Å². The van der Waals surface area contributed by atoms with E-state index in [9.17, 15) is 4.79 Å². The number of nitrogens with zero attached hydrogens (tertiary/aromatic N) is 2. The number of aromatic nitrogens is 3. The lowest BCUT2D eigenvalue weighted by molar-refractivity contribution is -0.136. The molecule has 0 aliphatic carbocycles. The molecule has 7 heteroatoms. The van der Waals surface area contributed by atoms with E-state index in [0.29, 0.717) is 16.7 Å². The molecule has 0 amide bonds. The summed E-state index contributed by atoms with van der Waals surface area (Å²) in [6.07, 6.45) is 0.153. The Balaban J connectivity index is 2.12. The Morgan fingerprint density at radius 1 is 1.43 bits per heavy atom. The topological polar surface area (TPSA) is 88.1 Å². The summed E-state index contributed by atoms with van der Waals surface area (Å²) >= 11 is 1.31. The van der Waals surface area contributed by atoms with Gasteiger partial charge in [-0.2, -0.15) is 0 Å². The number of rotatable bonds is 7. The van der Waals surface area contributed by atoms with Crippen LogP contribution >= 0.6 is 11.8 Å². The Bertz CT molecular complexity index is 613. The van der Waals surface area contributed by atoms with Crippen molar-refractivity contribution in [1.82, 2.24) is 15.2 Å². The molecule has 1 heterocycles. The number of benzene rings is 1. The molecule has 1 aromatic carbocycles. The van der Waals surface area contributed by atoms with Crippen molar-refractivity contribution >= 4 is 17.7 Å². The Morgan fingerprint density at radius 3 is 2.90 bits per heavy atom. The first-order valence-corrected chi connectivity index (χ1v) is 7.58. The summed E-state index contributed by atoms with van der Waals surface area (Å²) in [5.41, 5.74) is 0.837. The second kappa shape index (κ2) is 7.12. The molecule has 0 aliphatic rings. The molecular weight excluding hydrogens is 290 g/mol. The molecule has 0 aliphatic heterocycles. The highest BCUT2D eigenvalue weighted by Crippen LogP contribution is 2.29. The number of H-pyrrole nitrogens is 1. The normalized spacial score (nSPS) is 10.8. The summed E-state index contributed by atoms with van der Waals surface area (Å²) in [6.45, 7) is 3.93.